The van der Waals surface area contributed by atoms with Crippen LogP contribution in [-0.4, -0.2) is 31.8 Å². The molecule has 0 saturated heterocycles. The van der Waals surface area contributed by atoms with Crippen LogP contribution in [0, 0.1) is 6.92 Å². The first-order valence-electron chi connectivity index (χ1n) is 8.59. The first-order chi connectivity index (χ1) is 12.5. The Morgan fingerprint density at radius 1 is 1.19 bits per heavy atom. The second-order valence-electron chi connectivity index (χ2n) is 5.76. The molecule has 6 heteroatoms. The van der Waals surface area contributed by atoms with E-state index >= 15 is 0 Å². The summed E-state index contributed by atoms with van der Waals surface area (Å²) in [6.45, 7) is 7.95. The fraction of sp³-hybridized carbons (Fsp3) is 0.300. The second kappa shape index (κ2) is 9.82. The summed E-state index contributed by atoms with van der Waals surface area (Å²) in [5, 5.41) is 4.60. The van der Waals surface area contributed by atoms with Crippen LogP contribution >= 0.6 is 11.6 Å². The molecule has 0 aliphatic rings. The van der Waals surface area contributed by atoms with Crippen LogP contribution in [0.2, 0.25) is 5.02 Å². The Labute approximate surface area is 159 Å². The Morgan fingerprint density at radius 2 is 1.88 bits per heavy atom. The van der Waals surface area contributed by atoms with E-state index in [9.17, 15) is 4.79 Å². The van der Waals surface area contributed by atoms with Crippen LogP contribution < -0.4 is 15.1 Å². The Hall–Kier alpha value is -2.53. The number of carbonyl (C=O) groups excluding carboxylic acids is 1. The van der Waals surface area contributed by atoms with E-state index in [1.165, 1.54) is 5.69 Å². The van der Waals surface area contributed by atoms with E-state index in [0.717, 1.165) is 24.2 Å². The van der Waals surface area contributed by atoms with Crippen molar-refractivity contribution in [1.82, 2.24) is 5.43 Å². The zero-order valence-electron chi connectivity index (χ0n) is 15.3. The van der Waals surface area contributed by atoms with Crippen molar-refractivity contribution in [3.63, 3.8) is 0 Å². The summed E-state index contributed by atoms with van der Waals surface area (Å²) in [7, 11) is 0. The number of nitrogens with one attached hydrogen (secondary N) is 1. The van der Waals surface area contributed by atoms with Crippen LogP contribution in [0.1, 0.15) is 25.0 Å². The minimum atomic E-state index is -0.324. The number of nitrogens with zero attached hydrogens (tertiary/aromatic N) is 2. The zero-order chi connectivity index (χ0) is 18.9. The fourth-order valence-corrected chi connectivity index (χ4v) is 2.72. The summed E-state index contributed by atoms with van der Waals surface area (Å²) in [6, 6.07) is 13.3. The van der Waals surface area contributed by atoms with E-state index in [4.69, 9.17) is 16.3 Å². The number of rotatable bonds is 8. The molecule has 1 N–H and O–H groups in total. The summed E-state index contributed by atoms with van der Waals surface area (Å²) < 4.78 is 5.47. The number of halogens is 1. The Bertz CT molecular complexity index is 756. The molecule has 0 bridgehead atoms. The van der Waals surface area contributed by atoms with E-state index in [0.29, 0.717) is 10.8 Å². The lowest BCUT2D eigenvalue weighted by Gasteiger charge is -2.20. The van der Waals surface area contributed by atoms with Gasteiger partial charge in [0, 0.05) is 23.8 Å². The third-order valence-electron chi connectivity index (χ3n) is 3.92. The molecular formula is C20H24ClN3O2. The Kier molecular flexibility index (Phi) is 7.48. The van der Waals surface area contributed by atoms with Gasteiger partial charge in [-0.05, 0) is 62.2 Å². The molecule has 2 aromatic carbocycles. The molecule has 1 amide bonds. The predicted molar refractivity (Wildman–Crippen MR) is 107 cm³/mol. The molecule has 26 heavy (non-hydrogen) atoms. The molecular weight excluding hydrogens is 350 g/mol. The molecule has 0 fully saturated rings. The summed E-state index contributed by atoms with van der Waals surface area (Å²) in [4.78, 5) is 14.1. The third kappa shape index (κ3) is 5.77. The highest BCUT2D eigenvalue weighted by atomic mass is 35.5. The van der Waals surface area contributed by atoms with E-state index < -0.39 is 0 Å². The van der Waals surface area contributed by atoms with Crippen LogP contribution in [0.15, 0.2) is 47.6 Å². The average Bonchev–Trinajstić information content (AvgIpc) is 2.63. The van der Waals surface area contributed by atoms with Gasteiger partial charge in [-0.15, -0.1) is 0 Å². The Balaban J connectivity index is 1.83. The molecule has 0 radical (unpaired) electrons. The lowest BCUT2D eigenvalue weighted by molar-refractivity contribution is -0.123. The van der Waals surface area contributed by atoms with Crippen LogP contribution in [0.5, 0.6) is 5.75 Å². The molecule has 0 heterocycles. The molecule has 0 atom stereocenters. The van der Waals surface area contributed by atoms with E-state index in [1.54, 1.807) is 24.4 Å². The van der Waals surface area contributed by atoms with Crippen molar-refractivity contribution in [3.05, 3.63) is 58.6 Å². The number of hydrogen-bond donors (Lipinski definition) is 1. The molecule has 2 rings (SSSR count). The van der Waals surface area contributed by atoms with Crippen molar-refractivity contribution in [2.75, 3.05) is 24.6 Å². The first-order valence-corrected chi connectivity index (χ1v) is 8.97. The summed E-state index contributed by atoms with van der Waals surface area (Å²) in [5.74, 6) is 0.302. The first kappa shape index (κ1) is 19.8. The van der Waals surface area contributed by atoms with Gasteiger partial charge in [-0.2, -0.15) is 5.10 Å². The van der Waals surface area contributed by atoms with Gasteiger partial charge in [0.05, 0.1) is 6.21 Å². The third-order valence-corrected chi connectivity index (χ3v) is 4.16. The van der Waals surface area contributed by atoms with Crippen LogP contribution in [0.25, 0.3) is 0 Å². The lowest BCUT2D eigenvalue weighted by atomic mass is 10.2. The van der Waals surface area contributed by atoms with Crippen molar-refractivity contribution in [2.45, 2.75) is 20.8 Å². The molecule has 0 aromatic heterocycles. The Morgan fingerprint density at radius 3 is 2.50 bits per heavy atom. The number of amides is 1. The maximum absolute atomic E-state index is 11.8. The van der Waals surface area contributed by atoms with Gasteiger partial charge in [0.25, 0.3) is 5.91 Å². The highest BCUT2D eigenvalue weighted by Gasteiger charge is 2.05. The van der Waals surface area contributed by atoms with Crippen LogP contribution in [0.3, 0.4) is 0 Å². The SMILES string of the molecule is CCN(CC)c1ccc(/C=N/NC(=O)COc2ccc(Cl)cc2C)cc1. The number of anilines is 1. The second-order valence-corrected chi connectivity index (χ2v) is 6.19. The quantitative estimate of drug-likeness (QED) is 0.561. The van der Waals surface area contributed by atoms with E-state index in [2.05, 4.69) is 29.3 Å². The molecule has 0 aliphatic carbocycles. The molecule has 0 saturated carbocycles. The number of hydrogen-bond acceptors (Lipinski definition) is 4. The minimum absolute atomic E-state index is 0.110. The summed E-state index contributed by atoms with van der Waals surface area (Å²) >= 11 is 5.89. The lowest BCUT2D eigenvalue weighted by Crippen LogP contribution is -2.24. The van der Waals surface area contributed by atoms with Gasteiger partial charge in [-0.3, -0.25) is 4.79 Å². The summed E-state index contributed by atoms with van der Waals surface area (Å²) in [6.07, 6.45) is 1.61. The van der Waals surface area contributed by atoms with Gasteiger partial charge >= 0.3 is 0 Å². The number of aryl methyl sites for hydroxylation is 1. The highest BCUT2D eigenvalue weighted by molar-refractivity contribution is 6.30. The summed E-state index contributed by atoms with van der Waals surface area (Å²) in [5.41, 5.74) is 5.42. The number of hydrazone groups is 1. The van der Waals surface area contributed by atoms with Crippen molar-refractivity contribution in [2.24, 2.45) is 5.10 Å². The topological polar surface area (TPSA) is 53.9 Å². The van der Waals surface area contributed by atoms with Gasteiger partial charge < -0.3 is 9.64 Å². The van der Waals surface area contributed by atoms with Crippen molar-refractivity contribution < 1.29 is 9.53 Å². The van der Waals surface area contributed by atoms with Crippen LogP contribution in [-0.2, 0) is 4.79 Å². The largest absolute Gasteiger partial charge is 0.483 e. The van der Waals surface area contributed by atoms with E-state index in [1.807, 2.05) is 31.2 Å². The van der Waals surface area contributed by atoms with Crippen molar-refractivity contribution in [3.8, 4) is 5.75 Å². The maximum atomic E-state index is 11.8. The number of carbonyl (C=O) groups is 1. The monoisotopic (exact) mass is 373 g/mol. The molecule has 5 nitrogen and oxygen atoms in total. The number of benzene rings is 2. The van der Waals surface area contributed by atoms with Gasteiger partial charge in [0.15, 0.2) is 6.61 Å². The standard InChI is InChI=1S/C20H24ClN3O2/c1-4-24(5-2)18-9-6-16(7-10-18)13-22-23-20(25)14-26-19-11-8-17(21)12-15(19)3/h6-13H,4-5,14H2,1-3H3,(H,23,25)/b22-13+. The zero-order valence-corrected chi connectivity index (χ0v) is 16.1. The molecule has 138 valence electrons. The molecule has 0 spiro atoms. The molecule has 0 unspecified atom stereocenters. The molecule has 0 aliphatic heterocycles. The van der Waals surface area contributed by atoms with Gasteiger partial charge in [-0.1, -0.05) is 23.7 Å². The van der Waals surface area contributed by atoms with Crippen molar-refractivity contribution >= 4 is 29.4 Å². The van der Waals surface area contributed by atoms with Gasteiger partial charge in [0.1, 0.15) is 5.75 Å². The maximum Gasteiger partial charge on any atom is 0.277 e. The fourth-order valence-electron chi connectivity index (χ4n) is 2.49. The number of ether oxygens (including phenoxy) is 1. The molecule has 2 aromatic rings. The van der Waals surface area contributed by atoms with Gasteiger partial charge in [-0.25, -0.2) is 5.43 Å². The normalized spacial score (nSPS) is 10.8. The van der Waals surface area contributed by atoms with Crippen molar-refractivity contribution in [1.29, 1.82) is 0 Å². The van der Waals surface area contributed by atoms with Crippen LogP contribution in [0.4, 0.5) is 5.69 Å². The predicted octanol–water partition coefficient (Wildman–Crippen LogP) is 4.02. The average molecular weight is 374 g/mol. The minimum Gasteiger partial charge on any atom is -0.483 e. The van der Waals surface area contributed by atoms with Gasteiger partial charge in [0.2, 0.25) is 0 Å². The smallest absolute Gasteiger partial charge is 0.277 e. The highest BCUT2D eigenvalue weighted by Crippen LogP contribution is 2.21. The van der Waals surface area contributed by atoms with E-state index in [-0.39, 0.29) is 12.5 Å².